The number of benzene rings is 3. The third-order valence-electron chi connectivity index (χ3n) is 5.70. The van der Waals surface area contributed by atoms with Gasteiger partial charge in [0, 0.05) is 19.8 Å². The van der Waals surface area contributed by atoms with Gasteiger partial charge in [-0.05, 0) is 28.8 Å². The molecule has 3 aromatic rings. The van der Waals surface area contributed by atoms with E-state index in [1.807, 2.05) is 55.4 Å². The molecule has 1 aliphatic rings. The molecule has 1 fully saturated rings. The van der Waals surface area contributed by atoms with Gasteiger partial charge in [0.1, 0.15) is 6.54 Å². The van der Waals surface area contributed by atoms with Gasteiger partial charge < -0.3 is 4.90 Å². The zero-order chi connectivity index (χ0) is 24.1. The van der Waals surface area contributed by atoms with Crippen molar-refractivity contribution in [2.24, 2.45) is 5.10 Å². The van der Waals surface area contributed by atoms with Crippen LogP contribution >= 0.6 is 0 Å². The molecule has 4 amide bonds. The van der Waals surface area contributed by atoms with Crippen molar-refractivity contribution in [2.45, 2.75) is 5.54 Å². The summed E-state index contributed by atoms with van der Waals surface area (Å²) >= 11 is 0. The Morgan fingerprint density at radius 3 is 2.03 bits per heavy atom. The third-order valence-corrected chi connectivity index (χ3v) is 5.70. The zero-order valence-corrected chi connectivity index (χ0v) is 18.9. The molecule has 1 aliphatic heterocycles. The summed E-state index contributed by atoms with van der Waals surface area (Å²) in [6.07, 6.45) is 1.52. The summed E-state index contributed by atoms with van der Waals surface area (Å²) < 4.78 is 0. The van der Waals surface area contributed by atoms with Crippen molar-refractivity contribution in [1.82, 2.24) is 15.6 Å². The van der Waals surface area contributed by atoms with Crippen LogP contribution in [0.15, 0.2) is 90.0 Å². The van der Waals surface area contributed by atoms with Crippen molar-refractivity contribution >= 4 is 29.7 Å². The molecular weight excluding hydrogens is 430 g/mol. The molecule has 4 rings (SSSR count). The molecule has 0 aliphatic carbocycles. The van der Waals surface area contributed by atoms with Gasteiger partial charge in [-0.15, -0.1) is 0 Å². The number of rotatable bonds is 7. The third kappa shape index (κ3) is 4.25. The van der Waals surface area contributed by atoms with E-state index >= 15 is 0 Å². The van der Waals surface area contributed by atoms with Crippen molar-refractivity contribution in [2.75, 3.05) is 25.5 Å². The minimum Gasteiger partial charge on any atom is -0.378 e. The minimum absolute atomic E-state index is 0.363. The lowest BCUT2D eigenvalue weighted by Gasteiger charge is -2.35. The van der Waals surface area contributed by atoms with E-state index in [0.717, 1.165) is 11.3 Å². The van der Waals surface area contributed by atoms with Crippen molar-refractivity contribution in [3.8, 4) is 0 Å². The first-order valence-corrected chi connectivity index (χ1v) is 10.8. The summed E-state index contributed by atoms with van der Waals surface area (Å²) in [5.41, 5.74) is 4.01. The molecule has 0 aromatic heterocycles. The van der Waals surface area contributed by atoms with E-state index < -0.39 is 23.4 Å². The Labute approximate surface area is 197 Å². The van der Waals surface area contributed by atoms with Gasteiger partial charge in [0.05, 0.1) is 6.21 Å². The van der Waals surface area contributed by atoms with E-state index in [4.69, 9.17) is 0 Å². The number of imide groups is 1. The fourth-order valence-corrected chi connectivity index (χ4v) is 4.04. The Morgan fingerprint density at radius 2 is 1.50 bits per heavy atom. The van der Waals surface area contributed by atoms with Gasteiger partial charge >= 0.3 is 6.03 Å². The van der Waals surface area contributed by atoms with E-state index in [2.05, 4.69) is 15.8 Å². The highest BCUT2D eigenvalue weighted by atomic mass is 16.2. The molecule has 8 nitrogen and oxygen atoms in total. The van der Waals surface area contributed by atoms with Gasteiger partial charge in [-0.1, -0.05) is 72.8 Å². The first-order chi connectivity index (χ1) is 16.4. The average molecular weight is 456 g/mol. The molecular formula is C26H25N5O3. The van der Waals surface area contributed by atoms with Crippen molar-refractivity contribution < 1.29 is 14.4 Å². The fourth-order valence-electron chi connectivity index (χ4n) is 4.04. The topological polar surface area (TPSA) is 94.1 Å². The maximum absolute atomic E-state index is 13.2. The Morgan fingerprint density at radius 1 is 0.941 bits per heavy atom. The Balaban J connectivity index is 1.58. The molecule has 3 aromatic carbocycles. The van der Waals surface area contributed by atoms with Gasteiger partial charge in [0.15, 0.2) is 5.54 Å². The molecule has 0 saturated carbocycles. The van der Waals surface area contributed by atoms with Crippen LogP contribution in [0, 0.1) is 0 Å². The first-order valence-electron chi connectivity index (χ1n) is 10.8. The van der Waals surface area contributed by atoms with Gasteiger partial charge in [-0.25, -0.2) is 10.2 Å². The second kappa shape index (κ2) is 9.58. The minimum atomic E-state index is -1.47. The first kappa shape index (κ1) is 22.7. The van der Waals surface area contributed by atoms with Crippen LogP contribution < -0.4 is 15.6 Å². The number of amides is 4. The number of urea groups is 1. The number of hydrogen-bond acceptors (Lipinski definition) is 5. The summed E-state index contributed by atoms with van der Waals surface area (Å²) in [4.78, 5) is 42.1. The Hall–Kier alpha value is -4.46. The summed E-state index contributed by atoms with van der Waals surface area (Å²) in [5.74, 6) is -1.03. The van der Waals surface area contributed by atoms with Crippen LogP contribution in [0.1, 0.15) is 16.7 Å². The van der Waals surface area contributed by atoms with Gasteiger partial charge in [-0.2, -0.15) is 5.10 Å². The number of hydrazone groups is 1. The number of carbonyl (C=O) groups is 3. The average Bonchev–Trinajstić information content (AvgIpc) is 3.10. The lowest BCUT2D eigenvalue weighted by Crippen LogP contribution is -2.51. The summed E-state index contributed by atoms with van der Waals surface area (Å²) in [6.45, 7) is -0.363. The smallest absolute Gasteiger partial charge is 0.326 e. The van der Waals surface area contributed by atoms with Crippen LogP contribution in [0.5, 0.6) is 0 Å². The van der Waals surface area contributed by atoms with E-state index in [1.54, 1.807) is 48.5 Å². The zero-order valence-electron chi connectivity index (χ0n) is 18.9. The van der Waals surface area contributed by atoms with Crippen molar-refractivity contribution in [3.05, 3.63) is 102 Å². The van der Waals surface area contributed by atoms with Crippen molar-refractivity contribution in [1.29, 1.82) is 0 Å². The van der Waals surface area contributed by atoms with E-state index in [-0.39, 0.29) is 6.54 Å². The molecule has 34 heavy (non-hydrogen) atoms. The van der Waals surface area contributed by atoms with E-state index in [0.29, 0.717) is 11.1 Å². The summed E-state index contributed by atoms with van der Waals surface area (Å²) in [5, 5.41) is 6.40. The lowest BCUT2D eigenvalue weighted by atomic mass is 9.81. The highest BCUT2D eigenvalue weighted by molar-refractivity contribution is 6.10. The fraction of sp³-hybridized carbons (Fsp3) is 0.154. The molecule has 172 valence electrons. The number of carbonyl (C=O) groups excluding carboxylic acids is 3. The number of nitrogens with zero attached hydrogens (tertiary/aromatic N) is 3. The van der Waals surface area contributed by atoms with Crippen LogP contribution in [0.4, 0.5) is 10.5 Å². The highest BCUT2D eigenvalue weighted by Gasteiger charge is 2.55. The van der Waals surface area contributed by atoms with Gasteiger partial charge in [-0.3, -0.25) is 19.8 Å². The predicted octanol–water partition coefficient (Wildman–Crippen LogP) is 2.70. The van der Waals surface area contributed by atoms with Gasteiger partial charge in [0.2, 0.25) is 0 Å². The second-order valence-corrected chi connectivity index (χ2v) is 8.07. The van der Waals surface area contributed by atoms with Crippen LogP contribution in [-0.4, -0.2) is 49.6 Å². The molecule has 0 radical (unpaired) electrons. The second-order valence-electron chi connectivity index (χ2n) is 8.07. The molecule has 1 heterocycles. The van der Waals surface area contributed by atoms with Crippen LogP contribution in [-0.2, 0) is 15.1 Å². The maximum atomic E-state index is 13.2. The van der Waals surface area contributed by atoms with Crippen LogP contribution in [0.25, 0.3) is 0 Å². The maximum Gasteiger partial charge on any atom is 0.326 e. The number of nitrogens with one attached hydrogen (secondary N) is 2. The largest absolute Gasteiger partial charge is 0.378 e. The molecule has 8 heteroatoms. The van der Waals surface area contributed by atoms with E-state index in [9.17, 15) is 14.4 Å². The molecule has 1 saturated heterocycles. The van der Waals surface area contributed by atoms with Crippen LogP contribution in [0.2, 0.25) is 0 Å². The molecule has 0 bridgehead atoms. The molecule has 0 spiro atoms. The predicted molar refractivity (Wildman–Crippen MR) is 130 cm³/mol. The summed E-state index contributed by atoms with van der Waals surface area (Å²) in [7, 11) is 3.90. The summed E-state index contributed by atoms with van der Waals surface area (Å²) in [6, 6.07) is 24.9. The quantitative estimate of drug-likeness (QED) is 0.325. The number of hydrogen-bond donors (Lipinski definition) is 2. The lowest BCUT2D eigenvalue weighted by molar-refractivity contribution is -0.127. The molecule has 0 atom stereocenters. The number of anilines is 1. The Kier molecular flexibility index (Phi) is 6.40. The molecule has 2 N–H and O–H groups in total. The van der Waals surface area contributed by atoms with E-state index in [1.165, 1.54) is 11.1 Å². The standard InChI is InChI=1S/C26H25N5O3/c1-30(2)22-15-13-19(14-16-22)17-27-29-23(32)18-31-25(34)28-24(33)26(31,20-9-5-3-6-10-20)21-11-7-4-8-12-21/h3-17H,18H2,1-2H3,(H,29,32)(H,28,33,34)/b27-17+. The highest BCUT2D eigenvalue weighted by Crippen LogP contribution is 2.39. The SMILES string of the molecule is CN(C)c1ccc(/C=N/NC(=O)CN2C(=O)NC(=O)C2(c2ccccc2)c2ccccc2)cc1. The monoisotopic (exact) mass is 455 g/mol. The Bertz CT molecular complexity index is 1170. The van der Waals surface area contributed by atoms with Crippen molar-refractivity contribution in [3.63, 3.8) is 0 Å². The van der Waals surface area contributed by atoms with Crippen LogP contribution in [0.3, 0.4) is 0 Å². The van der Waals surface area contributed by atoms with Gasteiger partial charge in [0.25, 0.3) is 11.8 Å². The normalized spacial score (nSPS) is 14.8. The molecule has 0 unspecified atom stereocenters.